The molecule has 1 aromatic carbocycles. The Morgan fingerprint density at radius 3 is 2.78 bits per heavy atom. The monoisotopic (exact) mass is 260 g/mol. The first-order valence-corrected chi connectivity index (χ1v) is 6.05. The molecule has 3 nitrogen and oxygen atoms in total. The lowest BCUT2D eigenvalue weighted by Gasteiger charge is -2.14. The van der Waals surface area contributed by atoms with Gasteiger partial charge in [0.15, 0.2) is 0 Å². The van der Waals surface area contributed by atoms with Crippen molar-refractivity contribution in [1.82, 2.24) is 5.32 Å². The van der Waals surface area contributed by atoms with Crippen LogP contribution in [0.2, 0.25) is 5.02 Å². The van der Waals surface area contributed by atoms with Crippen molar-refractivity contribution in [2.75, 3.05) is 0 Å². The normalized spacial score (nSPS) is 12.1. The van der Waals surface area contributed by atoms with Crippen LogP contribution in [0.5, 0.6) is 0 Å². The summed E-state index contributed by atoms with van der Waals surface area (Å²) in [6, 6.07) is 13.3. The van der Waals surface area contributed by atoms with E-state index in [0.717, 1.165) is 16.3 Å². The molecule has 1 heterocycles. The van der Waals surface area contributed by atoms with Crippen LogP contribution in [0.1, 0.15) is 30.0 Å². The van der Waals surface area contributed by atoms with E-state index in [1.54, 1.807) is 12.1 Å². The maximum atomic E-state index is 8.66. The summed E-state index contributed by atoms with van der Waals surface area (Å²) in [6.07, 6.45) is 0. The quantitative estimate of drug-likeness (QED) is 0.913. The highest BCUT2D eigenvalue weighted by molar-refractivity contribution is 6.31. The summed E-state index contributed by atoms with van der Waals surface area (Å²) in [4.78, 5) is 0. The standard InChI is InChI=1S/C14H13ClN2O/c1-10(13-4-2-3-5-14(13)15)17-9-12-7-6-11(8-16)18-12/h2-7,10,17H,9H2,1H3. The molecular weight excluding hydrogens is 248 g/mol. The van der Waals surface area contributed by atoms with Gasteiger partial charge in [0, 0.05) is 11.1 Å². The molecule has 2 rings (SSSR count). The van der Waals surface area contributed by atoms with Gasteiger partial charge in [-0.2, -0.15) is 5.26 Å². The Bertz CT molecular complexity index is 571. The molecule has 0 spiro atoms. The number of nitriles is 1. The Hall–Kier alpha value is -1.76. The molecule has 92 valence electrons. The van der Waals surface area contributed by atoms with Crippen LogP contribution in [0.25, 0.3) is 0 Å². The van der Waals surface area contributed by atoms with Crippen LogP contribution >= 0.6 is 11.6 Å². The molecule has 0 radical (unpaired) electrons. The predicted molar refractivity (Wildman–Crippen MR) is 70.1 cm³/mol. The molecular formula is C14H13ClN2O. The number of hydrogen-bond donors (Lipinski definition) is 1. The molecule has 1 unspecified atom stereocenters. The third-order valence-electron chi connectivity index (χ3n) is 2.73. The second-order valence-corrected chi connectivity index (χ2v) is 4.41. The minimum atomic E-state index is 0.120. The van der Waals surface area contributed by atoms with Gasteiger partial charge in [0.05, 0.1) is 6.54 Å². The van der Waals surface area contributed by atoms with Gasteiger partial charge in [0.1, 0.15) is 11.8 Å². The van der Waals surface area contributed by atoms with E-state index in [1.807, 2.05) is 37.3 Å². The molecule has 1 aromatic heterocycles. The molecule has 1 atom stereocenters. The Kier molecular flexibility index (Phi) is 4.03. The van der Waals surface area contributed by atoms with E-state index in [4.69, 9.17) is 21.3 Å². The highest BCUT2D eigenvalue weighted by Crippen LogP contribution is 2.22. The SMILES string of the molecule is CC(NCc1ccc(C#N)o1)c1ccccc1Cl. The Morgan fingerprint density at radius 1 is 1.33 bits per heavy atom. The van der Waals surface area contributed by atoms with E-state index in [-0.39, 0.29) is 6.04 Å². The van der Waals surface area contributed by atoms with E-state index in [0.29, 0.717) is 12.3 Å². The van der Waals surface area contributed by atoms with E-state index >= 15 is 0 Å². The van der Waals surface area contributed by atoms with Crippen LogP contribution in [-0.2, 0) is 6.54 Å². The lowest BCUT2D eigenvalue weighted by Crippen LogP contribution is -2.18. The molecule has 0 saturated carbocycles. The summed E-state index contributed by atoms with van der Waals surface area (Å²) in [7, 11) is 0. The fourth-order valence-corrected chi connectivity index (χ4v) is 2.02. The number of rotatable bonds is 4. The van der Waals surface area contributed by atoms with Crippen LogP contribution in [0.4, 0.5) is 0 Å². The predicted octanol–water partition coefficient (Wildman–Crippen LogP) is 3.66. The van der Waals surface area contributed by atoms with E-state index < -0.39 is 0 Å². The van der Waals surface area contributed by atoms with Crippen molar-refractivity contribution in [3.63, 3.8) is 0 Å². The molecule has 0 amide bonds. The third kappa shape index (κ3) is 2.92. The van der Waals surface area contributed by atoms with Crippen molar-refractivity contribution in [3.8, 4) is 6.07 Å². The highest BCUT2D eigenvalue weighted by atomic mass is 35.5. The second kappa shape index (κ2) is 5.72. The number of nitrogens with one attached hydrogen (secondary N) is 1. The van der Waals surface area contributed by atoms with Gasteiger partial charge >= 0.3 is 0 Å². The lowest BCUT2D eigenvalue weighted by molar-refractivity contribution is 0.453. The average molecular weight is 261 g/mol. The number of nitrogens with zero attached hydrogens (tertiary/aromatic N) is 1. The maximum Gasteiger partial charge on any atom is 0.203 e. The van der Waals surface area contributed by atoms with Gasteiger partial charge in [0.25, 0.3) is 0 Å². The Morgan fingerprint density at radius 2 is 2.11 bits per heavy atom. The molecule has 0 aliphatic rings. The molecule has 0 fully saturated rings. The summed E-state index contributed by atoms with van der Waals surface area (Å²) in [5.41, 5.74) is 1.05. The third-order valence-corrected chi connectivity index (χ3v) is 3.07. The highest BCUT2D eigenvalue weighted by Gasteiger charge is 2.09. The summed E-state index contributed by atoms with van der Waals surface area (Å²) in [6.45, 7) is 2.60. The van der Waals surface area contributed by atoms with Crippen LogP contribution in [-0.4, -0.2) is 0 Å². The Balaban J connectivity index is 1.98. The number of halogens is 1. The first-order valence-electron chi connectivity index (χ1n) is 5.67. The molecule has 0 saturated heterocycles. The molecule has 4 heteroatoms. The van der Waals surface area contributed by atoms with Gasteiger partial charge < -0.3 is 9.73 Å². The number of furan rings is 1. The fraction of sp³-hybridized carbons (Fsp3) is 0.214. The van der Waals surface area contributed by atoms with Crippen molar-refractivity contribution in [2.45, 2.75) is 19.5 Å². The lowest BCUT2D eigenvalue weighted by atomic mass is 10.1. The van der Waals surface area contributed by atoms with E-state index in [1.165, 1.54) is 0 Å². The Labute approximate surface area is 111 Å². The van der Waals surface area contributed by atoms with Gasteiger partial charge in [0.2, 0.25) is 5.76 Å². The zero-order valence-corrected chi connectivity index (χ0v) is 10.7. The van der Waals surface area contributed by atoms with Crippen molar-refractivity contribution < 1.29 is 4.42 Å². The summed E-state index contributed by atoms with van der Waals surface area (Å²) in [5, 5.41) is 12.7. The first kappa shape index (κ1) is 12.7. The largest absolute Gasteiger partial charge is 0.449 e. The summed E-state index contributed by atoms with van der Waals surface area (Å²) in [5.74, 6) is 1.07. The van der Waals surface area contributed by atoms with Crippen molar-refractivity contribution in [1.29, 1.82) is 5.26 Å². The van der Waals surface area contributed by atoms with Crippen molar-refractivity contribution in [2.24, 2.45) is 0 Å². The molecule has 0 bridgehead atoms. The van der Waals surface area contributed by atoms with Gasteiger partial charge in [-0.15, -0.1) is 0 Å². The van der Waals surface area contributed by atoms with E-state index in [2.05, 4.69) is 5.32 Å². The smallest absolute Gasteiger partial charge is 0.203 e. The minimum Gasteiger partial charge on any atom is -0.449 e. The summed E-state index contributed by atoms with van der Waals surface area (Å²) < 4.78 is 5.29. The molecule has 2 aromatic rings. The van der Waals surface area contributed by atoms with Crippen molar-refractivity contribution in [3.05, 3.63) is 58.5 Å². The van der Waals surface area contributed by atoms with Crippen LogP contribution < -0.4 is 5.32 Å². The van der Waals surface area contributed by atoms with Crippen molar-refractivity contribution >= 4 is 11.6 Å². The molecule has 0 aliphatic heterocycles. The average Bonchev–Trinajstić information content (AvgIpc) is 2.84. The van der Waals surface area contributed by atoms with Gasteiger partial charge in [-0.05, 0) is 30.7 Å². The molecule has 18 heavy (non-hydrogen) atoms. The first-order chi connectivity index (χ1) is 8.70. The fourth-order valence-electron chi connectivity index (χ4n) is 1.72. The number of benzene rings is 1. The van der Waals surface area contributed by atoms with Gasteiger partial charge in [-0.1, -0.05) is 29.8 Å². The van der Waals surface area contributed by atoms with Crippen LogP contribution in [0.3, 0.4) is 0 Å². The number of hydrogen-bond acceptors (Lipinski definition) is 3. The van der Waals surface area contributed by atoms with Crippen LogP contribution in [0, 0.1) is 11.3 Å². The van der Waals surface area contributed by atoms with Gasteiger partial charge in [-0.25, -0.2) is 0 Å². The second-order valence-electron chi connectivity index (χ2n) is 4.00. The molecule has 0 aliphatic carbocycles. The minimum absolute atomic E-state index is 0.120. The van der Waals surface area contributed by atoms with E-state index in [9.17, 15) is 0 Å². The van der Waals surface area contributed by atoms with Gasteiger partial charge in [-0.3, -0.25) is 0 Å². The topological polar surface area (TPSA) is 49.0 Å². The zero-order valence-electron chi connectivity index (χ0n) is 9.98. The zero-order chi connectivity index (χ0) is 13.0. The van der Waals surface area contributed by atoms with Crippen LogP contribution in [0.15, 0.2) is 40.8 Å². The maximum absolute atomic E-state index is 8.66. The molecule has 1 N–H and O–H groups in total. The summed E-state index contributed by atoms with van der Waals surface area (Å²) >= 11 is 6.12.